The molecule has 0 N–H and O–H groups in total. The summed E-state index contributed by atoms with van der Waals surface area (Å²) in [4.78, 5) is 19.0. The van der Waals surface area contributed by atoms with Gasteiger partial charge in [0, 0.05) is 23.8 Å². The number of carbonyl (C=O) groups excluding carboxylic acids is 1. The molecule has 1 amide bonds. The van der Waals surface area contributed by atoms with Crippen LogP contribution in [0.5, 0.6) is 0 Å². The summed E-state index contributed by atoms with van der Waals surface area (Å²) in [6.45, 7) is 1.70. The average molecular weight is 274 g/mol. The van der Waals surface area contributed by atoms with E-state index in [-0.39, 0.29) is 6.09 Å². The van der Waals surface area contributed by atoms with Crippen molar-refractivity contribution in [3.63, 3.8) is 0 Å². The number of hydrogen-bond acceptors (Lipinski definition) is 4. The molecule has 0 aliphatic carbocycles. The van der Waals surface area contributed by atoms with Crippen LogP contribution in [0.3, 0.4) is 0 Å². The lowest BCUT2D eigenvalue weighted by atomic mass is 10.1. The van der Waals surface area contributed by atoms with E-state index < -0.39 is 0 Å². The molecule has 0 saturated heterocycles. The first-order valence-corrected chi connectivity index (χ1v) is 7.07. The van der Waals surface area contributed by atoms with Crippen LogP contribution in [0.25, 0.3) is 0 Å². The second-order valence-corrected chi connectivity index (χ2v) is 5.45. The minimum absolute atomic E-state index is 0.240. The quantitative estimate of drug-likeness (QED) is 0.845. The first kappa shape index (κ1) is 12.2. The Bertz CT molecular complexity index is 568. The van der Waals surface area contributed by atoms with Crippen molar-refractivity contribution in [2.45, 2.75) is 19.6 Å². The van der Waals surface area contributed by atoms with Crippen molar-refractivity contribution in [2.75, 3.05) is 6.54 Å². The van der Waals surface area contributed by atoms with Gasteiger partial charge in [0.1, 0.15) is 6.61 Å². The summed E-state index contributed by atoms with van der Waals surface area (Å²) >= 11 is 1.70. The topological polar surface area (TPSA) is 42.4 Å². The summed E-state index contributed by atoms with van der Waals surface area (Å²) in [6, 6.07) is 5.83. The molecule has 3 heterocycles. The Morgan fingerprint density at radius 2 is 2.21 bits per heavy atom. The second-order valence-electron chi connectivity index (χ2n) is 4.45. The van der Waals surface area contributed by atoms with Gasteiger partial charge in [0.05, 0.1) is 6.54 Å². The van der Waals surface area contributed by atoms with Crippen LogP contribution in [0.2, 0.25) is 0 Å². The van der Waals surface area contributed by atoms with Crippen molar-refractivity contribution in [3.8, 4) is 0 Å². The lowest BCUT2D eigenvalue weighted by molar-refractivity contribution is 0.0923. The highest BCUT2D eigenvalue weighted by Crippen LogP contribution is 2.24. The number of aromatic nitrogens is 1. The Balaban J connectivity index is 1.57. The first-order valence-electron chi connectivity index (χ1n) is 6.19. The molecule has 5 heteroatoms. The third kappa shape index (κ3) is 2.76. The molecule has 0 bridgehead atoms. The molecule has 0 saturated carbocycles. The smallest absolute Gasteiger partial charge is 0.410 e. The zero-order valence-corrected chi connectivity index (χ0v) is 11.2. The molecular weight excluding hydrogens is 260 g/mol. The predicted octanol–water partition coefficient (Wildman–Crippen LogP) is 2.84. The van der Waals surface area contributed by atoms with Crippen molar-refractivity contribution < 1.29 is 9.53 Å². The van der Waals surface area contributed by atoms with Crippen molar-refractivity contribution in [2.24, 2.45) is 0 Å². The second kappa shape index (κ2) is 5.40. The standard InChI is InChI=1S/C14H14N2O2S/c17-14(18-10-11-1-5-15-6-2-11)16-7-3-12-4-8-19-13(12)9-16/h1-2,4-6,8H,3,7,9-10H2. The molecule has 1 aliphatic rings. The van der Waals surface area contributed by atoms with Gasteiger partial charge >= 0.3 is 6.09 Å². The highest BCUT2D eigenvalue weighted by Gasteiger charge is 2.22. The number of pyridine rings is 1. The molecule has 1 aliphatic heterocycles. The van der Waals surface area contributed by atoms with E-state index in [2.05, 4.69) is 16.4 Å². The fourth-order valence-corrected chi connectivity index (χ4v) is 3.06. The molecule has 0 fully saturated rings. The van der Waals surface area contributed by atoms with E-state index in [0.29, 0.717) is 13.2 Å². The monoisotopic (exact) mass is 274 g/mol. The van der Waals surface area contributed by atoms with Gasteiger partial charge in [-0.05, 0) is 41.1 Å². The molecule has 19 heavy (non-hydrogen) atoms. The van der Waals surface area contributed by atoms with E-state index in [1.165, 1.54) is 10.4 Å². The summed E-state index contributed by atoms with van der Waals surface area (Å²) in [6.07, 6.45) is 4.07. The highest BCUT2D eigenvalue weighted by molar-refractivity contribution is 7.10. The van der Waals surface area contributed by atoms with Gasteiger partial charge in [-0.1, -0.05) is 0 Å². The van der Waals surface area contributed by atoms with Crippen LogP contribution in [0.1, 0.15) is 16.0 Å². The SMILES string of the molecule is O=C(OCc1ccncc1)N1CCc2ccsc2C1. The summed E-state index contributed by atoms with van der Waals surface area (Å²) < 4.78 is 5.32. The molecule has 0 spiro atoms. The lowest BCUT2D eigenvalue weighted by Crippen LogP contribution is -2.35. The number of fused-ring (bicyclic) bond motifs is 1. The van der Waals surface area contributed by atoms with Crippen LogP contribution in [0.15, 0.2) is 36.0 Å². The molecule has 0 atom stereocenters. The summed E-state index contributed by atoms with van der Waals surface area (Å²) in [7, 11) is 0. The van der Waals surface area contributed by atoms with Gasteiger partial charge in [0.2, 0.25) is 0 Å². The summed E-state index contributed by atoms with van der Waals surface area (Å²) in [5.74, 6) is 0. The van der Waals surface area contributed by atoms with Crippen LogP contribution >= 0.6 is 11.3 Å². The van der Waals surface area contributed by atoms with E-state index in [1.54, 1.807) is 28.6 Å². The number of thiophene rings is 1. The summed E-state index contributed by atoms with van der Waals surface area (Å²) in [5, 5.41) is 2.08. The van der Waals surface area contributed by atoms with Gasteiger partial charge < -0.3 is 9.64 Å². The van der Waals surface area contributed by atoms with E-state index in [1.807, 2.05) is 12.1 Å². The molecule has 2 aromatic rings. The zero-order valence-electron chi connectivity index (χ0n) is 10.4. The molecular formula is C14H14N2O2S. The maximum atomic E-state index is 12.0. The van der Waals surface area contributed by atoms with Gasteiger partial charge in [-0.15, -0.1) is 11.3 Å². The fourth-order valence-electron chi connectivity index (χ4n) is 2.11. The van der Waals surface area contributed by atoms with E-state index in [9.17, 15) is 4.79 Å². The fraction of sp³-hybridized carbons (Fsp3) is 0.286. The lowest BCUT2D eigenvalue weighted by Gasteiger charge is -2.26. The van der Waals surface area contributed by atoms with Crippen LogP contribution in [0, 0.1) is 0 Å². The Morgan fingerprint density at radius 1 is 1.37 bits per heavy atom. The molecule has 3 rings (SSSR count). The third-order valence-electron chi connectivity index (χ3n) is 3.19. The first-order chi connectivity index (χ1) is 9.33. The van der Waals surface area contributed by atoms with E-state index >= 15 is 0 Å². The minimum atomic E-state index is -0.240. The highest BCUT2D eigenvalue weighted by atomic mass is 32.1. The molecule has 2 aromatic heterocycles. The molecule has 4 nitrogen and oxygen atoms in total. The Hall–Kier alpha value is -1.88. The average Bonchev–Trinajstić information content (AvgIpc) is 2.93. The number of nitrogens with zero attached hydrogens (tertiary/aromatic N) is 2. The zero-order chi connectivity index (χ0) is 13.1. The van der Waals surface area contributed by atoms with Crippen molar-refractivity contribution in [1.82, 2.24) is 9.88 Å². The minimum Gasteiger partial charge on any atom is -0.445 e. The van der Waals surface area contributed by atoms with Gasteiger partial charge in [0.25, 0.3) is 0 Å². The third-order valence-corrected chi connectivity index (χ3v) is 4.14. The largest absolute Gasteiger partial charge is 0.445 e. The van der Waals surface area contributed by atoms with Crippen LogP contribution in [-0.2, 0) is 24.3 Å². The molecule has 98 valence electrons. The number of rotatable bonds is 2. The van der Waals surface area contributed by atoms with Gasteiger partial charge in [-0.3, -0.25) is 4.98 Å². The van der Waals surface area contributed by atoms with Crippen molar-refractivity contribution >= 4 is 17.4 Å². The maximum absolute atomic E-state index is 12.0. The van der Waals surface area contributed by atoms with Gasteiger partial charge in [-0.25, -0.2) is 4.79 Å². The van der Waals surface area contributed by atoms with E-state index in [0.717, 1.165) is 18.5 Å². The van der Waals surface area contributed by atoms with Crippen LogP contribution in [0.4, 0.5) is 4.79 Å². The normalized spacial score (nSPS) is 14.0. The number of hydrogen-bond donors (Lipinski definition) is 0. The van der Waals surface area contributed by atoms with Gasteiger partial charge in [0.15, 0.2) is 0 Å². The van der Waals surface area contributed by atoms with Gasteiger partial charge in [-0.2, -0.15) is 0 Å². The Kier molecular flexibility index (Phi) is 3.46. The van der Waals surface area contributed by atoms with Crippen LogP contribution < -0.4 is 0 Å². The molecule has 0 aromatic carbocycles. The van der Waals surface area contributed by atoms with Crippen molar-refractivity contribution in [1.29, 1.82) is 0 Å². The van der Waals surface area contributed by atoms with Crippen molar-refractivity contribution in [3.05, 3.63) is 52.0 Å². The number of carbonyl (C=O) groups is 1. The number of amides is 1. The Morgan fingerprint density at radius 3 is 3.05 bits per heavy atom. The molecule has 0 unspecified atom stereocenters. The van der Waals surface area contributed by atoms with E-state index in [4.69, 9.17) is 4.74 Å². The predicted molar refractivity (Wildman–Crippen MR) is 72.9 cm³/mol. The number of ether oxygens (including phenoxy) is 1. The van der Waals surface area contributed by atoms with Crippen LogP contribution in [-0.4, -0.2) is 22.5 Å². The summed E-state index contributed by atoms with van der Waals surface area (Å²) in [5.41, 5.74) is 2.32. The molecule has 0 radical (unpaired) electrons. The Labute approximate surface area is 115 Å². The maximum Gasteiger partial charge on any atom is 0.410 e.